The molecule has 7 nitrogen and oxygen atoms in total. The van der Waals surface area contributed by atoms with E-state index in [1.165, 1.54) is 11.3 Å². The summed E-state index contributed by atoms with van der Waals surface area (Å²) in [6.07, 6.45) is 1.01. The van der Waals surface area contributed by atoms with Gasteiger partial charge < -0.3 is 20.0 Å². The Bertz CT molecular complexity index is 1230. The highest BCUT2D eigenvalue weighted by Gasteiger charge is 2.54. The SMILES string of the molecule is O=C(CN1CN(c2ccccc2)C2(CCN(C(=O)c3cccs3)CC2)C1=O)Nc1cccc(Cl)c1. The van der Waals surface area contributed by atoms with E-state index in [2.05, 4.69) is 10.2 Å². The molecule has 35 heavy (non-hydrogen) atoms. The third kappa shape index (κ3) is 4.63. The summed E-state index contributed by atoms with van der Waals surface area (Å²) in [6.45, 7) is 1.21. The van der Waals surface area contributed by atoms with Crippen LogP contribution in [0, 0.1) is 0 Å². The number of nitrogens with one attached hydrogen (secondary N) is 1. The fraction of sp³-hybridized carbons (Fsp3) is 0.269. The monoisotopic (exact) mass is 508 g/mol. The zero-order valence-corrected chi connectivity index (χ0v) is 20.6. The molecule has 2 saturated heterocycles. The molecule has 2 fully saturated rings. The maximum atomic E-state index is 13.8. The van der Waals surface area contributed by atoms with Gasteiger partial charge in [0.1, 0.15) is 12.1 Å². The Hall–Kier alpha value is -3.36. The van der Waals surface area contributed by atoms with E-state index in [4.69, 9.17) is 11.6 Å². The summed E-state index contributed by atoms with van der Waals surface area (Å²) in [5, 5.41) is 5.24. The molecular formula is C26H25ClN4O3S. The van der Waals surface area contributed by atoms with Crippen molar-refractivity contribution in [2.24, 2.45) is 0 Å². The number of para-hydroxylation sites is 1. The molecule has 1 aromatic heterocycles. The van der Waals surface area contributed by atoms with Crippen molar-refractivity contribution in [1.82, 2.24) is 9.80 Å². The third-order valence-electron chi connectivity index (χ3n) is 6.63. The Morgan fingerprint density at radius 2 is 1.77 bits per heavy atom. The molecule has 0 bridgehead atoms. The first-order chi connectivity index (χ1) is 17.0. The van der Waals surface area contributed by atoms with E-state index in [-0.39, 0.29) is 24.3 Å². The Kier molecular flexibility index (Phi) is 6.49. The molecule has 3 aromatic rings. The van der Waals surface area contributed by atoms with Crippen molar-refractivity contribution in [3.8, 4) is 0 Å². The minimum Gasteiger partial charge on any atom is -0.339 e. The van der Waals surface area contributed by atoms with Crippen LogP contribution < -0.4 is 10.2 Å². The molecule has 9 heteroatoms. The highest BCUT2D eigenvalue weighted by molar-refractivity contribution is 7.12. The molecule has 5 rings (SSSR count). The van der Waals surface area contributed by atoms with E-state index in [9.17, 15) is 14.4 Å². The molecule has 0 saturated carbocycles. The zero-order valence-electron chi connectivity index (χ0n) is 19.0. The van der Waals surface area contributed by atoms with Crippen LogP contribution in [0.1, 0.15) is 22.5 Å². The first-order valence-corrected chi connectivity index (χ1v) is 12.7. The second-order valence-electron chi connectivity index (χ2n) is 8.77. The van der Waals surface area contributed by atoms with Crippen molar-refractivity contribution in [2.45, 2.75) is 18.4 Å². The zero-order chi connectivity index (χ0) is 24.4. The molecule has 0 atom stereocenters. The normalized spacial score (nSPS) is 17.2. The average molecular weight is 509 g/mol. The van der Waals surface area contributed by atoms with Crippen LogP contribution in [-0.2, 0) is 9.59 Å². The van der Waals surface area contributed by atoms with Gasteiger partial charge in [0.05, 0.1) is 11.5 Å². The van der Waals surface area contributed by atoms with Crippen molar-refractivity contribution in [3.05, 3.63) is 82.0 Å². The summed E-state index contributed by atoms with van der Waals surface area (Å²) in [4.78, 5) is 45.7. The highest BCUT2D eigenvalue weighted by Crippen LogP contribution is 2.39. The molecule has 3 heterocycles. The van der Waals surface area contributed by atoms with Crippen molar-refractivity contribution >= 4 is 52.0 Å². The standard InChI is InChI=1S/C26H25ClN4O3S/c27-19-6-4-7-20(16-19)28-23(32)17-30-18-31(21-8-2-1-3-9-21)26(25(30)34)11-13-29(14-12-26)24(33)22-10-5-15-35-22/h1-10,15-16H,11-14,17-18H2,(H,28,32). The number of hydrogen-bond acceptors (Lipinski definition) is 5. The van der Waals surface area contributed by atoms with Gasteiger partial charge in [-0.2, -0.15) is 0 Å². The van der Waals surface area contributed by atoms with Crippen LogP contribution in [0.3, 0.4) is 0 Å². The fourth-order valence-corrected chi connectivity index (χ4v) is 5.78. The average Bonchev–Trinajstić information content (AvgIpc) is 3.49. The highest BCUT2D eigenvalue weighted by atomic mass is 35.5. The molecule has 180 valence electrons. The lowest BCUT2D eigenvalue weighted by atomic mass is 9.85. The number of amides is 3. The van der Waals surface area contributed by atoms with Crippen LogP contribution in [0.4, 0.5) is 11.4 Å². The molecule has 2 aromatic carbocycles. The number of benzene rings is 2. The van der Waals surface area contributed by atoms with E-state index >= 15 is 0 Å². The van der Waals surface area contributed by atoms with Gasteiger partial charge in [0.25, 0.3) is 11.8 Å². The number of halogens is 1. The molecule has 0 unspecified atom stereocenters. The number of piperidine rings is 1. The number of hydrogen-bond donors (Lipinski definition) is 1. The van der Waals surface area contributed by atoms with Gasteiger partial charge in [-0.1, -0.05) is 41.9 Å². The summed E-state index contributed by atoms with van der Waals surface area (Å²) in [6, 6.07) is 20.4. The van der Waals surface area contributed by atoms with Gasteiger partial charge in [0.15, 0.2) is 0 Å². The lowest BCUT2D eigenvalue weighted by molar-refractivity contribution is -0.136. The number of carbonyl (C=O) groups is 3. The van der Waals surface area contributed by atoms with Gasteiger partial charge in [0.2, 0.25) is 5.91 Å². The van der Waals surface area contributed by atoms with Crippen molar-refractivity contribution in [2.75, 3.05) is 36.5 Å². The second kappa shape index (κ2) is 9.71. The molecule has 2 aliphatic rings. The van der Waals surface area contributed by atoms with Gasteiger partial charge >= 0.3 is 0 Å². The van der Waals surface area contributed by atoms with Crippen LogP contribution in [0.25, 0.3) is 0 Å². The van der Waals surface area contributed by atoms with Crippen LogP contribution >= 0.6 is 22.9 Å². The Morgan fingerprint density at radius 3 is 2.46 bits per heavy atom. The summed E-state index contributed by atoms with van der Waals surface area (Å²) >= 11 is 7.45. The maximum absolute atomic E-state index is 13.8. The summed E-state index contributed by atoms with van der Waals surface area (Å²) < 4.78 is 0. The van der Waals surface area contributed by atoms with Gasteiger partial charge in [-0.05, 0) is 54.6 Å². The molecule has 0 aliphatic carbocycles. The van der Waals surface area contributed by atoms with Gasteiger partial charge in [-0.25, -0.2) is 0 Å². The smallest absolute Gasteiger partial charge is 0.263 e. The van der Waals surface area contributed by atoms with E-state index in [1.807, 2.05) is 52.7 Å². The van der Waals surface area contributed by atoms with Gasteiger partial charge in [-0.15, -0.1) is 11.3 Å². The van der Waals surface area contributed by atoms with Crippen molar-refractivity contribution in [1.29, 1.82) is 0 Å². The minimum absolute atomic E-state index is 0.00399. The number of thiophene rings is 1. The number of likely N-dealkylation sites (tertiary alicyclic amines) is 1. The van der Waals surface area contributed by atoms with Crippen LogP contribution in [0.2, 0.25) is 5.02 Å². The van der Waals surface area contributed by atoms with E-state index in [0.717, 1.165) is 5.69 Å². The number of nitrogens with zero attached hydrogens (tertiary/aromatic N) is 3. The van der Waals surface area contributed by atoms with Crippen LogP contribution in [0.5, 0.6) is 0 Å². The topological polar surface area (TPSA) is 73.0 Å². The summed E-state index contributed by atoms with van der Waals surface area (Å²) in [5.41, 5.74) is 0.727. The predicted molar refractivity (Wildman–Crippen MR) is 138 cm³/mol. The first kappa shape index (κ1) is 23.4. The van der Waals surface area contributed by atoms with E-state index in [1.54, 1.807) is 29.2 Å². The number of rotatable bonds is 5. The second-order valence-corrected chi connectivity index (χ2v) is 10.2. The van der Waals surface area contributed by atoms with Crippen LogP contribution in [-0.4, -0.2) is 59.4 Å². The number of anilines is 2. The first-order valence-electron chi connectivity index (χ1n) is 11.5. The largest absolute Gasteiger partial charge is 0.339 e. The quantitative estimate of drug-likeness (QED) is 0.557. The summed E-state index contributed by atoms with van der Waals surface area (Å²) in [7, 11) is 0. The Morgan fingerprint density at radius 1 is 1.00 bits per heavy atom. The number of carbonyl (C=O) groups excluding carboxylic acids is 3. The third-order valence-corrected chi connectivity index (χ3v) is 7.73. The molecule has 1 spiro atoms. The molecule has 2 aliphatic heterocycles. The predicted octanol–water partition coefficient (Wildman–Crippen LogP) is 4.32. The van der Waals surface area contributed by atoms with Gasteiger partial charge in [-0.3, -0.25) is 14.4 Å². The molecule has 1 N–H and O–H groups in total. The summed E-state index contributed by atoms with van der Waals surface area (Å²) in [5.74, 6) is -0.355. The van der Waals surface area contributed by atoms with Crippen molar-refractivity contribution < 1.29 is 14.4 Å². The van der Waals surface area contributed by atoms with E-state index in [0.29, 0.717) is 48.2 Å². The fourth-order valence-electron chi connectivity index (χ4n) is 4.90. The van der Waals surface area contributed by atoms with Crippen molar-refractivity contribution in [3.63, 3.8) is 0 Å². The lowest BCUT2D eigenvalue weighted by Gasteiger charge is -2.43. The minimum atomic E-state index is -0.788. The van der Waals surface area contributed by atoms with E-state index < -0.39 is 5.54 Å². The Balaban J connectivity index is 1.34. The molecule has 0 radical (unpaired) electrons. The molecular weight excluding hydrogens is 484 g/mol. The molecule has 3 amide bonds. The Labute approximate surface area is 212 Å². The maximum Gasteiger partial charge on any atom is 0.263 e. The van der Waals surface area contributed by atoms with Gasteiger partial charge in [0, 0.05) is 29.5 Å². The van der Waals surface area contributed by atoms with Crippen LogP contribution in [0.15, 0.2) is 72.1 Å². The lowest BCUT2D eigenvalue weighted by Crippen LogP contribution is -2.57.